The van der Waals surface area contributed by atoms with Gasteiger partial charge in [0.2, 0.25) is 15.5 Å². The summed E-state index contributed by atoms with van der Waals surface area (Å²) >= 11 is 0. The van der Waals surface area contributed by atoms with Gasteiger partial charge >= 0.3 is 0 Å². The van der Waals surface area contributed by atoms with Crippen molar-refractivity contribution in [3.63, 3.8) is 0 Å². The number of rotatable bonds is 4. The lowest BCUT2D eigenvalue weighted by atomic mass is 10.2. The van der Waals surface area contributed by atoms with E-state index in [1.54, 1.807) is 0 Å². The third-order valence-electron chi connectivity index (χ3n) is 2.46. The summed E-state index contributed by atoms with van der Waals surface area (Å²) in [5, 5.41) is 0. The van der Waals surface area contributed by atoms with Crippen LogP contribution in [0, 0.1) is 5.82 Å². The molecule has 0 aliphatic heterocycles. The van der Waals surface area contributed by atoms with Crippen molar-refractivity contribution in [3.05, 3.63) is 64.3 Å². The Morgan fingerprint density at radius 1 is 1.16 bits per heavy atom. The number of H-pyrrole nitrogens is 1. The van der Waals surface area contributed by atoms with Gasteiger partial charge in [-0.15, -0.1) is 0 Å². The van der Waals surface area contributed by atoms with E-state index in [0.29, 0.717) is 5.56 Å². The van der Waals surface area contributed by atoms with Gasteiger partial charge < -0.3 is 4.98 Å². The highest BCUT2D eigenvalue weighted by Crippen LogP contribution is 2.05. The third kappa shape index (κ3) is 3.27. The van der Waals surface area contributed by atoms with Crippen molar-refractivity contribution in [1.82, 2.24) is 9.71 Å². The van der Waals surface area contributed by atoms with E-state index in [-0.39, 0.29) is 11.4 Å². The molecule has 0 saturated heterocycles. The molecular weight excluding hydrogens is 271 g/mol. The Kier molecular flexibility index (Phi) is 3.77. The Hall–Kier alpha value is -1.99. The molecular formula is C12H11FN2O3S. The standard InChI is InChI=1S/C12H11FN2O3S/c13-10-3-1-9(2-4-10)7-15-19(17,18)12-8-14-6-5-11(12)16/h1-6,8,15H,7H2,(H,14,16). The van der Waals surface area contributed by atoms with Crippen molar-refractivity contribution in [2.24, 2.45) is 0 Å². The molecule has 0 atom stereocenters. The van der Waals surface area contributed by atoms with Crippen LogP contribution in [-0.4, -0.2) is 13.4 Å². The highest BCUT2D eigenvalue weighted by atomic mass is 32.2. The summed E-state index contributed by atoms with van der Waals surface area (Å²) in [6.45, 7) is -0.0169. The summed E-state index contributed by atoms with van der Waals surface area (Å²) < 4.78 is 38.8. The first kappa shape index (κ1) is 13.4. The molecule has 1 heterocycles. The Labute approximate surface area is 109 Å². The number of pyridine rings is 1. The average Bonchev–Trinajstić information content (AvgIpc) is 2.38. The first-order valence-corrected chi connectivity index (χ1v) is 6.88. The predicted octanol–water partition coefficient (Wildman–Crippen LogP) is 0.992. The molecule has 1 aromatic heterocycles. The highest BCUT2D eigenvalue weighted by molar-refractivity contribution is 7.89. The quantitative estimate of drug-likeness (QED) is 0.877. The van der Waals surface area contributed by atoms with Gasteiger partial charge in [0, 0.05) is 25.0 Å². The molecule has 0 spiro atoms. The zero-order chi connectivity index (χ0) is 13.9. The molecule has 100 valence electrons. The largest absolute Gasteiger partial charge is 0.366 e. The third-order valence-corrected chi connectivity index (χ3v) is 3.88. The van der Waals surface area contributed by atoms with Crippen LogP contribution in [0.3, 0.4) is 0 Å². The number of sulfonamides is 1. The second kappa shape index (κ2) is 5.33. The van der Waals surface area contributed by atoms with Crippen LogP contribution < -0.4 is 10.2 Å². The number of aromatic amines is 1. The molecule has 1 aromatic carbocycles. The summed E-state index contributed by atoms with van der Waals surface area (Å²) in [6, 6.07) is 6.53. The van der Waals surface area contributed by atoms with Crippen LogP contribution in [0.5, 0.6) is 0 Å². The number of hydrogen-bond acceptors (Lipinski definition) is 3. The van der Waals surface area contributed by atoms with Crippen LogP contribution in [0.1, 0.15) is 5.56 Å². The number of nitrogens with one attached hydrogen (secondary N) is 2. The Morgan fingerprint density at radius 3 is 2.47 bits per heavy atom. The molecule has 5 nitrogen and oxygen atoms in total. The highest BCUT2D eigenvalue weighted by Gasteiger charge is 2.16. The van der Waals surface area contributed by atoms with E-state index < -0.39 is 21.3 Å². The van der Waals surface area contributed by atoms with Gasteiger partial charge in [-0.1, -0.05) is 12.1 Å². The minimum Gasteiger partial charge on any atom is -0.366 e. The molecule has 0 unspecified atom stereocenters. The molecule has 0 saturated carbocycles. The minimum atomic E-state index is -3.89. The topological polar surface area (TPSA) is 79.0 Å². The van der Waals surface area contributed by atoms with Crippen molar-refractivity contribution >= 4 is 10.0 Å². The van der Waals surface area contributed by atoms with Gasteiger partial charge in [-0.2, -0.15) is 0 Å². The molecule has 2 aromatic rings. The van der Waals surface area contributed by atoms with Gasteiger partial charge in [-0.05, 0) is 17.7 Å². The zero-order valence-corrected chi connectivity index (χ0v) is 10.6. The van der Waals surface area contributed by atoms with Crippen molar-refractivity contribution in [2.45, 2.75) is 11.4 Å². The van der Waals surface area contributed by atoms with Crippen LogP contribution in [0.25, 0.3) is 0 Å². The fourth-order valence-electron chi connectivity index (χ4n) is 1.47. The van der Waals surface area contributed by atoms with Gasteiger partial charge in [0.25, 0.3) is 0 Å². The molecule has 0 radical (unpaired) electrons. The molecule has 19 heavy (non-hydrogen) atoms. The molecule has 0 fully saturated rings. The summed E-state index contributed by atoms with van der Waals surface area (Å²) in [5.74, 6) is -0.397. The van der Waals surface area contributed by atoms with E-state index >= 15 is 0 Å². The van der Waals surface area contributed by atoms with Gasteiger partial charge in [-0.25, -0.2) is 17.5 Å². The Balaban J connectivity index is 2.17. The summed E-state index contributed by atoms with van der Waals surface area (Å²) in [7, 11) is -3.89. The molecule has 0 aliphatic rings. The van der Waals surface area contributed by atoms with E-state index in [1.165, 1.54) is 30.5 Å². The van der Waals surface area contributed by atoms with Crippen LogP contribution >= 0.6 is 0 Å². The lowest BCUT2D eigenvalue weighted by Crippen LogP contribution is -2.27. The van der Waals surface area contributed by atoms with Gasteiger partial charge in [0.15, 0.2) is 0 Å². The normalized spacial score (nSPS) is 11.4. The molecule has 0 aliphatic carbocycles. The summed E-state index contributed by atoms with van der Waals surface area (Å²) in [4.78, 5) is 13.6. The molecule has 0 amide bonds. The zero-order valence-electron chi connectivity index (χ0n) is 9.76. The Morgan fingerprint density at radius 2 is 1.84 bits per heavy atom. The van der Waals surface area contributed by atoms with Crippen molar-refractivity contribution in [1.29, 1.82) is 0 Å². The fourth-order valence-corrected chi connectivity index (χ4v) is 2.54. The maximum atomic E-state index is 12.7. The van der Waals surface area contributed by atoms with Crippen molar-refractivity contribution < 1.29 is 12.8 Å². The average molecular weight is 282 g/mol. The van der Waals surface area contributed by atoms with Crippen LogP contribution in [0.2, 0.25) is 0 Å². The van der Waals surface area contributed by atoms with Gasteiger partial charge in [0.05, 0.1) is 0 Å². The van der Waals surface area contributed by atoms with Crippen LogP contribution in [-0.2, 0) is 16.6 Å². The summed E-state index contributed by atoms with van der Waals surface area (Å²) in [6.07, 6.45) is 2.47. The first-order valence-electron chi connectivity index (χ1n) is 5.40. The SMILES string of the molecule is O=c1cc[nH]cc1S(=O)(=O)NCc1ccc(F)cc1. The van der Waals surface area contributed by atoms with E-state index in [2.05, 4.69) is 9.71 Å². The Bertz CT molecular complexity index is 723. The number of benzene rings is 1. The molecule has 2 N–H and O–H groups in total. The summed E-state index contributed by atoms with van der Waals surface area (Å²) in [5.41, 5.74) is 0.00249. The first-order chi connectivity index (χ1) is 8.99. The van der Waals surface area contributed by atoms with Crippen LogP contribution in [0.4, 0.5) is 4.39 Å². The van der Waals surface area contributed by atoms with Gasteiger partial charge in [-0.3, -0.25) is 4.79 Å². The minimum absolute atomic E-state index is 0.0169. The van der Waals surface area contributed by atoms with E-state index in [1.807, 2.05) is 0 Å². The number of hydrogen-bond donors (Lipinski definition) is 2. The molecule has 0 bridgehead atoms. The number of aromatic nitrogens is 1. The second-order valence-electron chi connectivity index (χ2n) is 3.82. The van der Waals surface area contributed by atoms with Gasteiger partial charge in [0.1, 0.15) is 10.7 Å². The van der Waals surface area contributed by atoms with E-state index in [4.69, 9.17) is 0 Å². The van der Waals surface area contributed by atoms with Crippen LogP contribution in [0.15, 0.2) is 52.4 Å². The van der Waals surface area contributed by atoms with Crippen molar-refractivity contribution in [3.8, 4) is 0 Å². The fraction of sp³-hybridized carbons (Fsp3) is 0.0833. The molecule has 2 rings (SSSR count). The van der Waals surface area contributed by atoms with E-state index in [0.717, 1.165) is 12.3 Å². The smallest absolute Gasteiger partial charge is 0.246 e. The second-order valence-corrected chi connectivity index (χ2v) is 5.56. The maximum absolute atomic E-state index is 12.7. The maximum Gasteiger partial charge on any atom is 0.246 e. The lowest BCUT2D eigenvalue weighted by Gasteiger charge is -2.06. The molecule has 7 heteroatoms. The van der Waals surface area contributed by atoms with Crippen molar-refractivity contribution in [2.75, 3.05) is 0 Å². The predicted molar refractivity (Wildman–Crippen MR) is 67.5 cm³/mol. The number of halogens is 1. The van der Waals surface area contributed by atoms with E-state index in [9.17, 15) is 17.6 Å². The monoisotopic (exact) mass is 282 g/mol. The lowest BCUT2D eigenvalue weighted by molar-refractivity contribution is 0.580.